The Labute approximate surface area is 117 Å². The molecule has 0 bridgehead atoms. The smallest absolute Gasteiger partial charge is 0.267 e. The summed E-state index contributed by atoms with van der Waals surface area (Å²) < 4.78 is 3.92. The molecule has 3 rings (SSSR count). The minimum Gasteiger partial charge on any atom is -0.338 e. The van der Waals surface area contributed by atoms with Crippen LogP contribution in [-0.2, 0) is 6.42 Å². The second-order valence-corrected chi connectivity index (χ2v) is 6.20. The Hall–Kier alpha value is -1.01. The predicted octanol–water partition coefficient (Wildman–Crippen LogP) is 1.17. The molecule has 5 nitrogen and oxygen atoms in total. The van der Waals surface area contributed by atoms with Crippen molar-refractivity contribution in [3.05, 3.63) is 10.6 Å². The largest absolute Gasteiger partial charge is 0.338 e. The molecule has 0 aliphatic carbocycles. The summed E-state index contributed by atoms with van der Waals surface area (Å²) in [6.45, 7) is 6.02. The van der Waals surface area contributed by atoms with E-state index in [-0.39, 0.29) is 5.91 Å². The third-order valence-electron chi connectivity index (χ3n) is 4.39. The first-order chi connectivity index (χ1) is 9.29. The average Bonchev–Trinajstić information content (AvgIpc) is 3.03. The average molecular weight is 280 g/mol. The molecule has 2 fully saturated rings. The molecule has 3 heterocycles. The molecule has 1 amide bonds. The van der Waals surface area contributed by atoms with Gasteiger partial charge in [0.2, 0.25) is 0 Å². The first-order valence-electron chi connectivity index (χ1n) is 7.10. The van der Waals surface area contributed by atoms with Gasteiger partial charge in [0.1, 0.15) is 4.88 Å². The van der Waals surface area contributed by atoms with E-state index in [1.165, 1.54) is 11.5 Å². The molecule has 2 saturated heterocycles. The lowest BCUT2D eigenvalue weighted by Gasteiger charge is -2.20. The lowest BCUT2D eigenvalue weighted by Crippen LogP contribution is -2.32. The summed E-state index contributed by atoms with van der Waals surface area (Å²) in [6.07, 6.45) is 3.02. The van der Waals surface area contributed by atoms with E-state index in [0.29, 0.717) is 0 Å². The van der Waals surface area contributed by atoms with Crippen molar-refractivity contribution in [1.29, 1.82) is 0 Å². The predicted molar refractivity (Wildman–Crippen MR) is 74.3 cm³/mol. The van der Waals surface area contributed by atoms with E-state index in [1.807, 2.05) is 11.8 Å². The van der Waals surface area contributed by atoms with Gasteiger partial charge < -0.3 is 10.2 Å². The fraction of sp³-hybridized carbons (Fsp3) is 0.769. The summed E-state index contributed by atoms with van der Waals surface area (Å²) in [4.78, 5) is 15.3. The number of hydrogen-bond acceptors (Lipinski definition) is 5. The quantitative estimate of drug-likeness (QED) is 0.883. The molecular weight excluding hydrogens is 260 g/mol. The fourth-order valence-electron chi connectivity index (χ4n) is 3.17. The number of aromatic nitrogens is 2. The van der Waals surface area contributed by atoms with Crippen LogP contribution in [0.25, 0.3) is 0 Å². The number of carbonyl (C=O) groups excluding carboxylic acids is 1. The van der Waals surface area contributed by atoms with Crippen LogP contribution in [0.3, 0.4) is 0 Å². The van der Waals surface area contributed by atoms with Crippen LogP contribution in [0.15, 0.2) is 0 Å². The summed E-state index contributed by atoms with van der Waals surface area (Å²) in [6, 6.07) is 0. The lowest BCUT2D eigenvalue weighted by atomic mass is 9.92. The van der Waals surface area contributed by atoms with Gasteiger partial charge in [-0.3, -0.25) is 4.79 Å². The molecule has 2 aliphatic rings. The Morgan fingerprint density at radius 2 is 2.05 bits per heavy atom. The number of amides is 1. The van der Waals surface area contributed by atoms with E-state index in [2.05, 4.69) is 14.9 Å². The molecule has 6 heteroatoms. The Morgan fingerprint density at radius 3 is 2.68 bits per heavy atom. The van der Waals surface area contributed by atoms with Crippen molar-refractivity contribution in [1.82, 2.24) is 19.8 Å². The Morgan fingerprint density at radius 1 is 1.37 bits per heavy atom. The summed E-state index contributed by atoms with van der Waals surface area (Å²) in [5.74, 6) is 1.64. The first kappa shape index (κ1) is 13.0. The maximum absolute atomic E-state index is 12.6. The highest BCUT2D eigenvalue weighted by atomic mass is 32.1. The van der Waals surface area contributed by atoms with Crippen LogP contribution in [0.2, 0.25) is 0 Å². The normalized spacial score (nSPS) is 27.1. The van der Waals surface area contributed by atoms with E-state index in [0.717, 1.165) is 67.8 Å². The second-order valence-electron chi connectivity index (χ2n) is 5.45. The van der Waals surface area contributed by atoms with Gasteiger partial charge in [-0.05, 0) is 55.7 Å². The minimum absolute atomic E-state index is 0.139. The number of nitrogens with zero attached hydrogens (tertiary/aromatic N) is 3. The van der Waals surface area contributed by atoms with Crippen LogP contribution >= 0.6 is 11.5 Å². The number of likely N-dealkylation sites (tertiary alicyclic amines) is 1. The summed E-state index contributed by atoms with van der Waals surface area (Å²) in [5.41, 5.74) is 0.848. The van der Waals surface area contributed by atoms with Gasteiger partial charge in [-0.1, -0.05) is 11.4 Å². The number of aryl methyl sites for hydroxylation is 1. The van der Waals surface area contributed by atoms with Gasteiger partial charge in [0, 0.05) is 13.1 Å². The first-order valence-corrected chi connectivity index (χ1v) is 7.88. The van der Waals surface area contributed by atoms with E-state index in [1.54, 1.807) is 0 Å². The van der Waals surface area contributed by atoms with Crippen LogP contribution in [0, 0.1) is 11.8 Å². The van der Waals surface area contributed by atoms with Crippen LogP contribution < -0.4 is 5.32 Å². The monoisotopic (exact) mass is 280 g/mol. The van der Waals surface area contributed by atoms with Crippen molar-refractivity contribution < 1.29 is 4.79 Å². The van der Waals surface area contributed by atoms with Gasteiger partial charge >= 0.3 is 0 Å². The van der Waals surface area contributed by atoms with E-state index in [9.17, 15) is 4.79 Å². The summed E-state index contributed by atoms with van der Waals surface area (Å²) in [5, 5.41) is 7.50. The van der Waals surface area contributed by atoms with Crippen molar-refractivity contribution >= 4 is 17.4 Å². The molecule has 104 valence electrons. The molecule has 2 aliphatic heterocycles. The molecule has 1 aromatic rings. The molecule has 0 radical (unpaired) electrons. The number of fused-ring (bicyclic) bond motifs is 1. The lowest BCUT2D eigenvalue weighted by molar-refractivity contribution is 0.0762. The zero-order chi connectivity index (χ0) is 13.2. The van der Waals surface area contributed by atoms with Gasteiger partial charge in [0.15, 0.2) is 0 Å². The summed E-state index contributed by atoms with van der Waals surface area (Å²) >= 11 is 1.24. The Balaban J connectivity index is 1.70. The standard InChI is InChI=1S/C13H20N4OS/c1-2-11-12(19-16-15-11)13(18)17-5-3-9-7-14-8-10(9)4-6-17/h9-10,14H,2-8H2,1H3/t9-,10+. The highest BCUT2D eigenvalue weighted by molar-refractivity contribution is 7.08. The molecule has 0 aromatic carbocycles. The van der Waals surface area contributed by atoms with Gasteiger partial charge in [-0.25, -0.2) is 0 Å². The molecule has 2 atom stereocenters. The van der Waals surface area contributed by atoms with Crippen molar-refractivity contribution in [3.63, 3.8) is 0 Å². The van der Waals surface area contributed by atoms with Crippen LogP contribution in [0.1, 0.15) is 35.1 Å². The van der Waals surface area contributed by atoms with Gasteiger partial charge in [-0.2, -0.15) is 0 Å². The third-order valence-corrected chi connectivity index (χ3v) is 5.15. The van der Waals surface area contributed by atoms with Crippen molar-refractivity contribution in [2.24, 2.45) is 11.8 Å². The maximum atomic E-state index is 12.6. The van der Waals surface area contributed by atoms with Gasteiger partial charge in [0.25, 0.3) is 5.91 Å². The van der Waals surface area contributed by atoms with E-state index in [4.69, 9.17) is 0 Å². The van der Waals surface area contributed by atoms with Gasteiger partial charge in [-0.15, -0.1) is 5.10 Å². The van der Waals surface area contributed by atoms with Crippen LogP contribution in [-0.4, -0.2) is 46.6 Å². The fourth-order valence-corrected chi connectivity index (χ4v) is 3.89. The number of hydrogen-bond donors (Lipinski definition) is 1. The molecule has 0 spiro atoms. The van der Waals surface area contributed by atoms with Crippen molar-refractivity contribution in [3.8, 4) is 0 Å². The van der Waals surface area contributed by atoms with Crippen molar-refractivity contribution in [2.45, 2.75) is 26.2 Å². The molecule has 0 saturated carbocycles. The van der Waals surface area contributed by atoms with E-state index >= 15 is 0 Å². The molecule has 1 aromatic heterocycles. The number of carbonyl (C=O) groups is 1. The van der Waals surface area contributed by atoms with Crippen LogP contribution in [0.4, 0.5) is 0 Å². The highest BCUT2D eigenvalue weighted by Gasteiger charge is 2.32. The van der Waals surface area contributed by atoms with Crippen molar-refractivity contribution in [2.75, 3.05) is 26.2 Å². The summed E-state index contributed by atoms with van der Waals surface area (Å²) in [7, 11) is 0. The number of rotatable bonds is 2. The highest BCUT2D eigenvalue weighted by Crippen LogP contribution is 2.28. The topological polar surface area (TPSA) is 58.1 Å². The Kier molecular flexibility index (Phi) is 3.79. The van der Waals surface area contributed by atoms with Gasteiger partial charge in [0.05, 0.1) is 5.69 Å². The number of nitrogens with one attached hydrogen (secondary N) is 1. The SMILES string of the molecule is CCc1nnsc1C(=O)N1CC[C@@H]2CNC[C@@H]2CC1. The second kappa shape index (κ2) is 5.54. The zero-order valence-corrected chi connectivity index (χ0v) is 12.1. The van der Waals surface area contributed by atoms with Crippen LogP contribution in [0.5, 0.6) is 0 Å². The third kappa shape index (κ3) is 2.51. The zero-order valence-electron chi connectivity index (χ0n) is 11.3. The van der Waals surface area contributed by atoms with E-state index < -0.39 is 0 Å². The molecule has 0 unspecified atom stereocenters. The minimum atomic E-state index is 0.139. The molecule has 19 heavy (non-hydrogen) atoms. The Bertz CT molecular complexity index is 447. The maximum Gasteiger partial charge on any atom is 0.267 e. The molecule has 1 N–H and O–H groups in total. The molecular formula is C13H20N4OS.